The van der Waals surface area contributed by atoms with E-state index in [9.17, 15) is 4.79 Å². The molecule has 0 N–H and O–H groups in total. The van der Waals surface area contributed by atoms with Gasteiger partial charge < -0.3 is 18.9 Å². The van der Waals surface area contributed by atoms with Crippen molar-refractivity contribution in [3.8, 4) is 0 Å². The summed E-state index contributed by atoms with van der Waals surface area (Å²) >= 11 is 0. The lowest BCUT2D eigenvalue weighted by Gasteiger charge is -2.63. The SMILES string of the molecule is CCOCO[C@H]1CC[C@@]2(C)[C@H](CC[C@@H]3[C@@H]2CC[C@]2(C)C(=O)C=C[C@@]32OCOCC)C1. The first-order valence-electron chi connectivity index (χ1n) is 12.1. The van der Waals surface area contributed by atoms with Crippen LogP contribution in [0.25, 0.3) is 0 Å². The van der Waals surface area contributed by atoms with E-state index in [1.54, 1.807) is 6.08 Å². The maximum absolute atomic E-state index is 12.9. The summed E-state index contributed by atoms with van der Waals surface area (Å²) in [6, 6.07) is 0. The third-order valence-corrected chi connectivity index (χ3v) is 9.22. The summed E-state index contributed by atoms with van der Waals surface area (Å²) in [6.07, 6.45) is 11.9. The number of fused-ring (bicyclic) bond motifs is 5. The van der Waals surface area contributed by atoms with Crippen molar-refractivity contribution in [1.29, 1.82) is 0 Å². The second kappa shape index (κ2) is 8.65. The van der Waals surface area contributed by atoms with Crippen molar-refractivity contribution in [2.24, 2.45) is 28.6 Å². The van der Waals surface area contributed by atoms with Crippen LogP contribution in [0, 0.1) is 28.6 Å². The Kier molecular flexibility index (Phi) is 6.47. The summed E-state index contributed by atoms with van der Waals surface area (Å²) in [4.78, 5) is 12.9. The zero-order chi connectivity index (χ0) is 21.4. The molecule has 0 aromatic rings. The molecule has 5 heteroatoms. The molecule has 4 rings (SSSR count). The normalized spacial score (nSPS) is 45.1. The van der Waals surface area contributed by atoms with Gasteiger partial charge in [-0.2, -0.15) is 0 Å². The molecule has 0 heterocycles. The molecular weight excluding hydrogens is 380 g/mol. The molecule has 4 aliphatic rings. The standard InChI is InChI=1S/C25H40O5/c1-5-27-16-29-19-9-12-23(3)18(15-19)7-8-21-20(23)10-13-24(4)22(26)11-14-25(21,24)30-17-28-6-2/h11,14,18-21H,5-10,12-13,15-17H2,1-4H3/t18-,19+,20+,21-,23+,24-,25-/m1/s1. The van der Waals surface area contributed by atoms with Crippen molar-refractivity contribution in [1.82, 2.24) is 0 Å². The van der Waals surface area contributed by atoms with Gasteiger partial charge in [0.05, 0.1) is 11.5 Å². The van der Waals surface area contributed by atoms with E-state index in [1.807, 2.05) is 13.8 Å². The third kappa shape index (κ3) is 3.41. The molecule has 0 aliphatic heterocycles. The molecule has 0 amide bonds. The van der Waals surface area contributed by atoms with Crippen LogP contribution in [-0.4, -0.2) is 44.3 Å². The molecule has 7 atom stereocenters. The van der Waals surface area contributed by atoms with Gasteiger partial charge in [0.2, 0.25) is 0 Å². The fourth-order valence-electron chi connectivity index (χ4n) is 7.37. The highest BCUT2D eigenvalue weighted by atomic mass is 16.7. The number of rotatable bonds is 8. The van der Waals surface area contributed by atoms with Crippen molar-refractivity contribution < 1.29 is 23.7 Å². The fourth-order valence-corrected chi connectivity index (χ4v) is 7.37. The average Bonchev–Trinajstić information content (AvgIpc) is 3.00. The maximum atomic E-state index is 12.9. The zero-order valence-corrected chi connectivity index (χ0v) is 19.3. The predicted molar refractivity (Wildman–Crippen MR) is 115 cm³/mol. The first-order chi connectivity index (χ1) is 14.4. The van der Waals surface area contributed by atoms with Crippen molar-refractivity contribution in [3.05, 3.63) is 12.2 Å². The maximum Gasteiger partial charge on any atom is 0.164 e. The Morgan fingerprint density at radius 3 is 2.50 bits per heavy atom. The molecule has 0 aromatic heterocycles. The van der Waals surface area contributed by atoms with Gasteiger partial charge in [0.25, 0.3) is 0 Å². The van der Waals surface area contributed by atoms with E-state index in [2.05, 4.69) is 19.9 Å². The Labute approximate surface area is 181 Å². The predicted octanol–water partition coefficient (Wildman–Crippen LogP) is 4.89. The molecule has 170 valence electrons. The van der Waals surface area contributed by atoms with Gasteiger partial charge in [0, 0.05) is 13.2 Å². The van der Waals surface area contributed by atoms with Crippen LogP contribution in [-0.2, 0) is 23.7 Å². The van der Waals surface area contributed by atoms with E-state index >= 15 is 0 Å². The van der Waals surface area contributed by atoms with Crippen LogP contribution in [0.2, 0.25) is 0 Å². The molecular formula is C25H40O5. The first-order valence-corrected chi connectivity index (χ1v) is 12.1. The number of ketones is 1. The highest BCUT2D eigenvalue weighted by Crippen LogP contribution is 2.66. The van der Waals surface area contributed by atoms with E-state index in [0.717, 1.165) is 32.1 Å². The highest BCUT2D eigenvalue weighted by molar-refractivity contribution is 5.99. The van der Waals surface area contributed by atoms with Gasteiger partial charge in [-0.3, -0.25) is 4.79 Å². The van der Waals surface area contributed by atoms with Crippen LogP contribution in [0.3, 0.4) is 0 Å². The molecule has 3 saturated carbocycles. The Hall–Kier alpha value is -0.750. The van der Waals surface area contributed by atoms with E-state index in [4.69, 9.17) is 18.9 Å². The van der Waals surface area contributed by atoms with Crippen LogP contribution in [0.5, 0.6) is 0 Å². The van der Waals surface area contributed by atoms with Gasteiger partial charge in [-0.05, 0) is 101 Å². The Balaban J connectivity index is 1.55. The topological polar surface area (TPSA) is 54.0 Å². The molecule has 5 nitrogen and oxygen atoms in total. The van der Waals surface area contributed by atoms with Gasteiger partial charge in [-0.15, -0.1) is 0 Å². The third-order valence-electron chi connectivity index (χ3n) is 9.22. The smallest absolute Gasteiger partial charge is 0.164 e. The lowest BCUT2D eigenvalue weighted by atomic mass is 9.44. The number of allylic oxidation sites excluding steroid dienone is 1. The molecule has 0 aromatic carbocycles. The molecule has 3 fully saturated rings. The van der Waals surface area contributed by atoms with E-state index < -0.39 is 11.0 Å². The van der Waals surface area contributed by atoms with Crippen LogP contribution >= 0.6 is 0 Å². The summed E-state index contributed by atoms with van der Waals surface area (Å²) in [7, 11) is 0. The molecule has 30 heavy (non-hydrogen) atoms. The Bertz CT molecular complexity index is 662. The van der Waals surface area contributed by atoms with Crippen LogP contribution in [0.15, 0.2) is 12.2 Å². The van der Waals surface area contributed by atoms with Crippen LogP contribution < -0.4 is 0 Å². The summed E-state index contributed by atoms with van der Waals surface area (Å²) in [6.45, 7) is 10.6. The number of carbonyl (C=O) groups excluding carboxylic acids is 1. The van der Waals surface area contributed by atoms with Crippen molar-refractivity contribution in [3.63, 3.8) is 0 Å². The van der Waals surface area contributed by atoms with Crippen molar-refractivity contribution in [2.45, 2.75) is 84.3 Å². The van der Waals surface area contributed by atoms with Gasteiger partial charge in [-0.1, -0.05) is 6.92 Å². The van der Waals surface area contributed by atoms with Crippen molar-refractivity contribution >= 4 is 5.78 Å². The highest BCUT2D eigenvalue weighted by Gasteiger charge is 2.67. The van der Waals surface area contributed by atoms with Crippen molar-refractivity contribution in [2.75, 3.05) is 26.8 Å². The number of ether oxygens (including phenoxy) is 4. The Morgan fingerprint density at radius 1 is 0.967 bits per heavy atom. The largest absolute Gasteiger partial charge is 0.356 e. The van der Waals surface area contributed by atoms with E-state index in [0.29, 0.717) is 43.9 Å². The molecule has 4 aliphatic carbocycles. The van der Waals surface area contributed by atoms with E-state index in [1.165, 1.54) is 12.8 Å². The fraction of sp³-hybridized carbons (Fsp3) is 0.880. The van der Waals surface area contributed by atoms with Gasteiger partial charge in [0.15, 0.2) is 5.78 Å². The number of carbonyl (C=O) groups is 1. The summed E-state index contributed by atoms with van der Waals surface area (Å²) in [5.74, 6) is 1.86. The quantitative estimate of drug-likeness (QED) is 0.413. The minimum atomic E-state index is -0.515. The van der Waals surface area contributed by atoms with Crippen LogP contribution in [0.4, 0.5) is 0 Å². The molecule has 0 spiro atoms. The molecule has 0 saturated heterocycles. The minimum Gasteiger partial charge on any atom is -0.356 e. The second-order valence-corrected chi connectivity index (χ2v) is 10.3. The average molecular weight is 421 g/mol. The number of hydrogen-bond acceptors (Lipinski definition) is 5. The van der Waals surface area contributed by atoms with Gasteiger partial charge >= 0.3 is 0 Å². The Morgan fingerprint density at radius 2 is 1.73 bits per heavy atom. The second-order valence-electron chi connectivity index (χ2n) is 10.3. The lowest BCUT2D eigenvalue weighted by molar-refractivity contribution is -0.237. The monoisotopic (exact) mass is 420 g/mol. The number of hydrogen-bond donors (Lipinski definition) is 0. The minimum absolute atomic E-state index is 0.234. The first kappa shape index (κ1) is 22.4. The van der Waals surface area contributed by atoms with E-state index in [-0.39, 0.29) is 18.0 Å². The molecule has 0 unspecified atom stereocenters. The van der Waals surface area contributed by atoms with Crippen LogP contribution in [0.1, 0.15) is 72.6 Å². The lowest BCUT2D eigenvalue weighted by Crippen LogP contribution is -2.63. The zero-order valence-electron chi connectivity index (χ0n) is 19.3. The van der Waals surface area contributed by atoms with Gasteiger partial charge in [-0.25, -0.2) is 0 Å². The van der Waals surface area contributed by atoms with Gasteiger partial charge in [0.1, 0.15) is 19.2 Å². The summed E-state index contributed by atoms with van der Waals surface area (Å²) < 4.78 is 23.6. The summed E-state index contributed by atoms with van der Waals surface area (Å²) in [5.41, 5.74) is -0.679. The summed E-state index contributed by atoms with van der Waals surface area (Å²) in [5, 5.41) is 0. The molecule has 0 radical (unpaired) electrons. The molecule has 0 bridgehead atoms.